The van der Waals surface area contributed by atoms with Crippen LogP contribution in [0.1, 0.15) is 41.6 Å². The second kappa shape index (κ2) is 8.16. The number of ether oxygens (including phenoxy) is 2. The van der Waals surface area contributed by atoms with E-state index in [9.17, 15) is 19.1 Å². The van der Waals surface area contributed by atoms with Crippen molar-refractivity contribution in [1.82, 2.24) is 9.55 Å². The SMILES string of the molecule is CC[C@@](O)(C=O)c1cc2n(c(=O)c1COC)Cc1c-2nc2cc(F)c(OC)c3c2c1C(N)CS3. The number of hydrogen-bond donors (Lipinski definition) is 2. The van der Waals surface area contributed by atoms with Crippen LogP contribution in [0.5, 0.6) is 5.75 Å². The van der Waals surface area contributed by atoms with Gasteiger partial charge in [-0.3, -0.25) is 9.59 Å². The van der Waals surface area contributed by atoms with Gasteiger partial charge in [0.25, 0.3) is 5.56 Å². The highest BCUT2D eigenvalue weighted by atomic mass is 32.2. The molecule has 2 atom stereocenters. The van der Waals surface area contributed by atoms with Gasteiger partial charge in [-0.2, -0.15) is 0 Å². The number of carbonyl (C=O) groups is 1. The van der Waals surface area contributed by atoms with Gasteiger partial charge in [0.05, 0.1) is 42.1 Å². The van der Waals surface area contributed by atoms with Crippen LogP contribution in [0.2, 0.25) is 0 Å². The first-order chi connectivity index (χ1) is 16.3. The molecule has 2 aromatic heterocycles. The zero-order chi connectivity index (χ0) is 24.4. The molecular formula is C24H24FN3O5S. The minimum absolute atomic E-state index is 0.0636. The van der Waals surface area contributed by atoms with Crippen LogP contribution in [0.25, 0.3) is 22.3 Å². The molecule has 3 aromatic rings. The van der Waals surface area contributed by atoms with Gasteiger partial charge in [0, 0.05) is 47.0 Å². The Balaban J connectivity index is 1.87. The number of halogens is 1. The second-order valence-electron chi connectivity index (χ2n) is 8.53. The predicted molar refractivity (Wildman–Crippen MR) is 126 cm³/mol. The van der Waals surface area contributed by atoms with E-state index in [1.807, 2.05) is 0 Å². The van der Waals surface area contributed by atoms with Crippen molar-refractivity contribution < 1.29 is 23.8 Å². The lowest BCUT2D eigenvalue weighted by Gasteiger charge is -2.26. The third-order valence-corrected chi connectivity index (χ3v) is 7.92. The number of aldehydes is 1. The van der Waals surface area contributed by atoms with Crippen molar-refractivity contribution in [3.63, 3.8) is 0 Å². The average molecular weight is 486 g/mol. The number of hydrogen-bond acceptors (Lipinski definition) is 8. The average Bonchev–Trinajstić information content (AvgIpc) is 3.20. The predicted octanol–water partition coefficient (Wildman–Crippen LogP) is 2.62. The molecule has 0 radical (unpaired) electrons. The summed E-state index contributed by atoms with van der Waals surface area (Å²) < 4.78 is 26.9. The lowest BCUT2D eigenvalue weighted by Crippen LogP contribution is -2.34. The fourth-order valence-corrected chi connectivity index (χ4v) is 6.17. The summed E-state index contributed by atoms with van der Waals surface area (Å²) in [5.41, 5.74) is 7.64. The summed E-state index contributed by atoms with van der Waals surface area (Å²) in [6, 6.07) is 2.58. The molecule has 0 saturated carbocycles. The summed E-state index contributed by atoms with van der Waals surface area (Å²) in [4.78, 5) is 30.8. The second-order valence-corrected chi connectivity index (χ2v) is 9.56. The molecule has 0 fully saturated rings. The highest BCUT2D eigenvalue weighted by molar-refractivity contribution is 7.99. The number of aromatic nitrogens is 2. The van der Waals surface area contributed by atoms with Crippen molar-refractivity contribution in [3.8, 4) is 17.1 Å². The lowest BCUT2D eigenvalue weighted by molar-refractivity contribution is -0.125. The Kier molecular flexibility index (Phi) is 5.51. The molecule has 0 bridgehead atoms. The van der Waals surface area contributed by atoms with Crippen LogP contribution in [0.4, 0.5) is 4.39 Å². The summed E-state index contributed by atoms with van der Waals surface area (Å²) in [5.74, 6) is 0.146. The molecule has 8 nitrogen and oxygen atoms in total. The van der Waals surface area contributed by atoms with Crippen LogP contribution < -0.4 is 16.0 Å². The van der Waals surface area contributed by atoms with E-state index in [1.54, 1.807) is 17.6 Å². The molecule has 0 amide bonds. The molecule has 1 unspecified atom stereocenters. The normalized spacial score (nSPS) is 17.9. The first-order valence-corrected chi connectivity index (χ1v) is 11.8. The van der Waals surface area contributed by atoms with Crippen molar-refractivity contribution in [2.45, 2.75) is 43.0 Å². The van der Waals surface area contributed by atoms with Gasteiger partial charge < -0.3 is 24.9 Å². The number of aliphatic hydroxyl groups is 1. The first-order valence-electron chi connectivity index (χ1n) is 10.9. The highest BCUT2D eigenvalue weighted by Gasteiger charge is 2.37. The zero-order valence-electron chi connectivity index (χ0n) is 19.0. The molecule has 34 heavy (non-hydrogen) atoms. The van der Waals surface area contributed by atoms with E-state index in [0.29, 0.717) is 33.8 Å². The van der Waals surface area contributed by atoms with Crippen LogP contribution in [0.3, 0.4) is 0 Å². The van der Waals surface area contributed by atoms with E-state index >= 15 is 0 Å². The molecule has 0 saturated heterocycles. The highest BCUT2D eigenvalue weighted by Crippen LogP contribution is 2.49. The van der Waals surface area contributed by atoms with E-state index in [4.69, 9.17) is 20.2 Å². The zero-order valence-corrected chi connectivity index (χ0v) is 19.8. The topological polar surface area (TPSA) is 117 Å². The summed E-state index contributed by atoms with van der Waals surface area (Å²) in [6.07, 6.45) is 0.516. The van der Waals surface area contributed by atoms with Gasteiger partial charge in [-0.25, -0.2) is 9.37 Å². The fraction of sp³-hybridized carbons (Fsp3) is 0.375. The number of fused-ring (bicyclic) bond motifs is 4. The molecule has 2 aliphatic rings. The molecule has 3 N–H and O–H groups in total. The van der Waals surface area contributed by atoms with E-state index in [0.717, 1.165) is 16.5 Å². The molecule has 1 aromatic carbocycles. The van der Waals surface area contributed by atoms with Gasteiger partial charge in [0.15, 0.2) is 17.9 Å². The maximum absolute atomic E-state index is 14.8. The van der Waals surface area contributed by atoms with Crippen LogP contribution in [0, 0.1) is 5.82 Å². The van der Waals surface area contributed by atoms with Crippen LogP contribution in [-0.4, -0.2) is 40.9 Å². The third kappa shape index (κ3) is 3.06. The number of rotatable bonds is 6. The largest absolute Gasteiger partial charge is 0.492 e. The Morgan fingerprint density at radius 2 is 2.18 bits per heavy atom. The van der Waals surface area contributed by atoms with Gasteiger partial charge in [-0.15, -0.1) is 11.8 Å². The van der Waals surface area contributed by atoms with Crippen molar-refractivity contribution in [1.29, 1.82) is 0 Å². The minimum Gasteiger partial charge on any atom is -0.492 e. The number of nitrogens with two attached hydrogens (primary N) is 1. The standard InChI is InChI=1S/C24H24FN3O5S/c1-4-24(31,10-29)13-5-17-20-11(7-28(17)23(30)12(13)8-32-2)18-15(26)9-34-22-19(18)16(27-20)6-14(25)21(22)33-3/h5-6,10,15,31H,4,7-9,26H2,1-3H3/t15?,24-/m1/s1. The van der Waals surface area contributed by atoms with E-state index in [1.165, 1.54) is 32.0 Å². The fourth-order valence-electron chi connectivity index (χ4n) is 4.98. The van der Waals surface area contributed by atoms with Gasteiger partial charge in [-0.05, 0) is 18.1 Å². The Hall–Kier alpha value is -2.79. The number of pyridine rings is 2. The molecular weight excluding hydrogens is 461 g/mol. The number of benzene rings is 1. The summed E-state index contributed by atoms with van der Waals surface area (Å²) >= 11 is 1.42. The van der Waals surface area contributed by atoms with Crippen molar-refractivity contribution in [2.24, 2.45) is 5.73 Å². The Morgan fingerprint density at radius 1 is 1.41 bits per heavy atom. The van der Waals surface area contributed by atoms with Gasteiger partial charge in [0.2, 0.25) is 0 Å². The third-order valence-electron chi connectivity index (χ3n) is 6.71. The smallest absolute Gasteiger partial charge is 0.257 e. The van der Waals surface area contributed by atoms with Crippen molar-refractivity contribution in [3.05, 3.63) is 50.6 Å². The number of thioether (sulfide) groups is 1. The Bertz CT molecular complexity index is 1420. The monoisotopic (exact) mass is 485 g/mol. The van der Waals surface area contributed by atoms with Crippen LogP contribution in [-0.2, 0) is 28.3 Å². The Labute approximate surface area is 198 Å². The number of methoxy groups -OCH3 is 2. The molecule has 5 rings (SSSR count). The maximum Gasteiger partial charge on any atom is 0.257 e. The molecule has 2 aliphatic heterocycles. The molecule has 0 spiro atoms. The number of carbonyl (C=O) groups excluding carboxylic acids is 1. The first kappa shape index (κ1) is 23.0. The quantitative estimate of drug-likeness (QED) is 0.401. The Morgan fingerprint density at radius 3 is 2.82 bits per heavy atom. The van der Waals surface area contributed by atoms with Crippen LogP contribution >= 0.6 is 11.8 Å². The van der Waals surface area contributed by atoms with Crippen molar-refractivity contribution >= 4 is 29.0 Å². The van der Waals surface area contributed by atoms with Gasteiger partial charge >= 0.3 is 0 Å². The minimum atomic E-state index is -1.85. The summed E-state index contributed by atoms with van der Waals surface area (Å²) in [5, 5.41) is 11.7. The van der Waals surface area contributed by atoms with E-state index < -0.39 is 11.4 Å². The van der Waals surface area contributed by atoms with Crippen LogP contribution in [0.15, 0.2) is 21.8 Å². The summed E-state index contributed by atoms with van der Waals surface area (Å²) in [7, 11) is 2.87. The molecule has 10 heteroatoms. The van der Waals surface area contributed by atoms with Gasteiger partial charge in [-0.1, -0.05) is 6.92 Å². The molecule has 178 valence electrons. The van der Waals surface area contributed by atoms with Gasteiger partial charge in [0.1, 0.15) is 5.60 Å². The molecule has 4 heterocycles. The van der Waals surface area contributed by atoms with E-state index in [2.05, 4.69) is 0 Å². The van der Waals surface area contributed by atoms with Crippen molar-refractivity contribution in [2.75, 3.05) is 20.0 Å². The maximum atomic E-state index is 14.8. The van der Waals surface area contributed by atoms with E-state index in [-0.39, 0.29) is 48.0 Å². The molecule has 0 aliphatic carbocycles. The summed E-state index contributed by atoms with van der Waals surface area (Å²) in [6.45, 7) is 1.82. The lowest BCUT2D eigenvalue weighted by atomic mass is 9.88. The number of nitrogens with zero attached hydrogens (tertiary/aromatic N) is 2.